The van der Waals surface area contributed by atoms with Crippen LogP contribution in [-0.2, 0) is 4.84 Å². The lowest BCUT2D eigenvalue weighted by Crippen LogP contribution is -2.15. The van der Waals surface area contributed by atoms with Gasteiger partial charge in [-0.3, -0.25) is 4.84 Å². The molecule has 0 radical (unpaired) electrons. The molecule has 0 fully saturated rings. The monoisotopic (exact) mass is 93.0 g/mol. The SMILES string of the molecule is OCNOCO. The van der Waals surface area contributed by atoms with Crippen LogP contribution in [0.3, 0.4) is 0 Å². The molecule has 4 nitrogen and oxygen atoms in total. The van der Waals surface area contributed by atoms with Gasteiger partial charge in [-0.05, 0) is 0 Å². The summed E-state index contributed by atoms with van der Waals surface area (Å²) in [7, 11) is 0. The molecular formula is C2H7NO3. The number of hydrogen-bond acceptors (Lipinski definition) is 4. The van der Waals surface area contributed by atoms with E-state index in [1.54, 1.807) is 0 Å². The lowest BCUT2D eigenvalue weighted by atomic mass is 11.4. The third kappa shape index (κ3) is 3.84. The highest BCUT2D eigenvalue weighted by Crippen LogP contribution is 1.52. The highest BCUT2D eigenvalue weighted by molar-refractivity contribution is 3.93. The first-order valence-corrected chi connectivity index (χ1v) is 1.48. The van der Waals surface area contributed by atoms with Gasteiger partial charge >= 0.3 is 0 Å². The van der Waals surface area contributed by atoms with Crippen LogP contribution in [0.1, 0.15) is 0 Å². The Bertz CT molecular complexity index is 20.8. The molecule has 0 atom stereocenters. The molecule has 0 aliphatic rings. The number of nitrogens with one attached hydrogen (secondary N) is 1. The van der Waals surface area contributed by atoms with E-state index in [-0.39, 0.29) is 6.73 Å². The molecule has 0 rings (SSSR count). The molecule has 0 aromatic heterocycles. The van der Waals surface area contributed by atoms with E-state index >= 15 is 0 Å². The molecule has 0 unspecified atom stereocenters. The van der Waals surface area contributed by atoms with E-state index in [1.165, 1.54) is 0 Å². The van der Waals surface area contributed by atoms with Gasteiger partial charge in [0.05, 0.1) is 0 Å². The molecule has 3 N–H and O–H groups in total. The van der Waals surface area contributed by atoms with E-state index in [0.29, 0.717) is 0 Å². The zero-order valence-electron chi connectivity index (χ0n) is 3.22. The Kier molecular flexibility index (Phi) is 4.71. The van der Waals surface area contributed by atoms with Crippen molar-refractivity contribution in [1.29, 1.82) is 0 Å². The Morgan fingerprint density at radius 2 is 2.17 bits per heavy atom. The molecule has 38 valence electrons. The topological polar surface area (TPSA) is 61.7 Å². The summed E-state index contributed by atoms with van der Waals surface area (Å²) < 4.78 is 0. The van der Waals surface area contributed by atoms with Gasteiger partial charge in [0.2, 0.25) is 0 Å². The zero-order chi connectivity index (χ0) is 4.83. The van der Waals surface area contributed by atoms with Crippen LogP contribution in [0, 0.1) is 0 Å². The van der Waals surface area contributed by atoms with Gasteiger partial charge in [0, 0.05) is 0 Å². The van der Waals surface area contributed by atoms with Crippen molar-refractivity contribution in [2.24, 2.45) is 0 Å². The van der Waals surface area contributed by atoms with Gasteiger partial charge in [-0.15, -0.1) is 0 Å². The molecule has 0 aliphatic carbocycles. The second-order valence-corrected chi connectivity index (χ2v) is 0.576. The number of rotatable bonds is 3. The molecule has 6 heavy (non-hydrogen) atoms. The number of hydrogen-bond donors (Lipinski definition) is 3. The van der Waals surface area contributed by atoms with E-state index in [0.717, 1.165) is 0 Å². The fourth-order valence-electron chi connectivity index (χ4n) is 0.0913. The number of hydroxylamine groups is 1. The van der Waals surface area contributed by atoms with Crippen molar-refractivity contribution in [3.8, 4) is 0 Å². The number of aliphatic hydroxyl groups is 2. The molecular weight excluding hydrogens is 86.0 g/mol. The number of aliphatic hydroxyl groups excluding tert-OH is 2. The molecule has 0 aliphatic heterocycles. The Morgan fingerprint density at radius 3 is 2.33 bits per heavy atom. The molecule has 0 bridgehead atoms. The zero-order valence-corrected chi connectivity index (χ0v) is 3.22. The normalized spacial score (nSPS) is 9.00. The lowest BCUT2D eigenvalue weighted by Gasteiger charge is -1.93. The summed E-state index contributed by atoms with van der Waals surface area (Å²) in [5, 5.41) is 15.7. The Labute approximate surface area is 35.3 Å². The minimum atomic E-state index is -0.416. The average Bonchev–Trinajstić information content (AvgIpc) is 1.61. The van der Waals surface area contributed by atoms with E-state index in [1.807, 2.05) is 5.48 Å². The summed E-state index contributed by atoms with van der Waals surface area (Å²) in [6.45, 7) is -0.693. The Balaban J connectivity index is 2.34. The highest BCUT2D eigenvalue weighted by Gasteiger charge is 1.71. The highest BCUT2D eigenvalue weighted by atomic mass is 16.7. The third-order valence-electron chi connectivity index (χ3n) is 0.231. The van der Waals surface area contributed by atoms with Crippen molar-refractivity contribution in [2.45, 2.75) is 0 Å². The van der Waals surface area contributed by atoms with E-state index in [2.05, 4.69) is 4.84 Å². The first kappa shape index (κ1) is 5.84. The standard InChI is InChI=1S/C2H7NO3/c4-1-3-6-2-5/h3-5H,1-2H2. The summed E-state index contributed by atoms with van der Waals surface area (Å²) in [5.41, 5.74) is 2.00. The quantitative estimate of drug-likeness (QED) is 0.223. The van der Waals surface area contributed by atoms with Crippen molar-refractivity contribution in [3.63, 3.8) is 0 Å². The Hall–Kier alpha value is -0.160. The largest absolute Gasteiger partial charge is 0.379 e. The Morgan fingerprint density at radius 1 is 1.50 bits per heavy atom. The molecule has 0 amide bonds. The van der Waals surface area contributed by atoms with Crippen LogP contribution in [0.15, 0.2) is 0 Å². The molecule has 4 heteroatoms. The van der Waals surface area contributed by atoms with Crippen LogP contribution in [0.5, 0.6) is 0 Å². The van der Waals surface area contributed by atoms with Gasteiger partial charge in [-0.25, -0.2) is 0 Å². The van der Waals surface area contributed by atoms with Crippen LogP contribution in [-0.4, -0.2) is 23.7 Å². The minimum absolute atomic E-state index is 0.277. The van der Waals surface area contributed by atoms with Crippen molar-refractivity contribution in [3.05, 3.63) is 0 Å². The van der Waals surface area contributed by atoms with E-state index in [4.69, 9.17) is 10.2 Å². The summed E-state index contributed by atoms with van der Waals surface area (Å²) in [6.07, 6.45) is 0. The average molecular weight is 93.1 g/mol. The molecule has 0 saturated carbocycles. The summed E-state index contributed by atoms with van der Waals surface area (Å²) in [6, 6.07) is 0. The van der Waals surface area contributed by atoms with Gasteiger partial charge < -0.3 is 10.2 Å². The maximum Gasteiger partial charge on any atom is 0.163 e. The van der Waals surface area contributed by atoms with Crippen molar-refractivity contribution in [2.75, 3.05) is 13.5 Å². The third-order valence-corrected chi connectivity index (χ3v) is 0.231. The summed E-state index contributed by atoms with van der Waals surface area (Å²) in [4.78, 5) is 4.04. The van der Waals surface area contributed by atoms with Crippen LogP contribution in [0.25, 0.3) is 0 Å². The minimum Gasteiger partial charge on any atom is -0.379 e. The summed E-state index contributed by atoms with van der Waals surface area (Å²) in [5.74, 6) is 0. The fourth-order valence-corrected chi connectivity index (χ4v) is 0.0913. The molecule has 0 spiro atoms. The van der Waals surface area contributed by atoms with Crippen LogP contribution >= 0.6 is 0 Å². The predicted octanol–water partition coefficient (Wildman–Crippen LogP) is -1.59. The fraction of sp³-hybridized carbons (Fsp3) is 1.00. The second kappa shape index (κ2) is 4.84. The van der Waals surface area contributed by atoms with Gasteiger partial charge in [0.15, 0.2) is 6.79 Å². The molecule has 0 saturated heterocycles. The maximum absolute atomic E-state index is 7.85. The van der Waals surface area contributed by atoms with Gasteiger partial charge in [0.1, 0.15) is 6.73 Å². The van der Waals surface area contributed by atoms with Crippen molar-refractivity contribution in [1.82, 2.24) is 5.48 Å². The first-order chi connectivity index (χ1) is 2.91. The van der Waals surface area contributed by atoms with Gasteiger partial charge in [-0.1, -0.05) is 0 Å². The smallest absolute Gasteiger partial charge is 0.163 e. The second-order valence-electron chi connectivity index (χ2n) is 0.576. The van der Waals surface area contributed by atoms with Crippen molar-refractivity contribution >= 4 is 0 Å². The van der Waals surface area contributed by atoms with Gasteiger partial charge in [-0.2, -0.15) is 5.48 Å². The van der Waals surface area contributed by atoms with Crippen LogP contribution < -0.4 is 5.48 Å². The lowest BCUT2D eigenvalue weighted by molar-refractivity contribution is -0.0843. The maximum atomic E-state index is 7.85. The summed E-state index contributed by atoms with van der Waals surface area (Å²) >= 11 is 0. The molecule has 0 heterocycles. The van der Waals surface area contributed by atoms with Crippen molar-refractivity contribution < 1.29 is 15.1 Å². The van der Waals surface area contributed by atoms with E-state index < -0.39 is 6.79 Å². The van der Waals surface area contributed by atoms with E-state index in [9.17, 15) is 0 Å². The van der Waals surface area contributed by atoms with Crippen LogP contribution in [0.4, 0.5) is 0 Å². The molecule has 0 aromatic carbocycles. The first-order valence-electron chi connectivity index (χ1n) is 1.48. The van der Waals surface area contributed by atoms with Gasteiger partial charge in [0.25, 0.3) is 0 Å². The van der Waals surface area contributed by atoms with Crippen LogP contribution in [0.2, 0.25) is 0 Å². The predicted molar refractivity (Wildman–Crippen MR) is 18.4 cm³/mol. The molecule has 0 aromatic rings.